The summed E-state index contributed by atoms with van der Waals surface area (Å²) in [5, 5.41) is 0. The number of hydrogen-bond donors (Lipinski definition) is 1. The molecule has 0 atom stereocenters. The first kappa shape index (κ1) is 12.2. The van der Waals surface area contributed by atoms with E-state index in [9.17, 15) is 0 Å². The van der Waals surface area contributed by atoms with E-state index in [-0.39, 0.29) is 0 Å². The van der Waals surface area contributed by atoms with E-state index in [4.69, 9.17) is 5.73 Å². The van der Waals surface area contributed by atoms with Crippen LogP contribution in [0.15, 0.2) is 36.5 Å². The number of anilines is 1. The predicted molar refractivity (Wildman–Crippen MR) is 77.7 cm³/mol. The smallest absolute Gasteiger partial charge is 0.220 e. The van der Waals surface area contributed by atoms with E-state index in [1.165, 1.54) is 37.7 Å². The Balaban J connectivity index is 1.82. The molecule has 2 aromatic rings. The van der Waals surface area contributed by atoms with Gasteiger partial charge < -0.3 is 5.73 Å². The summed E-state index contributed by atoms with van der Waals surface area (Å²) in [7, 11) is 0. The van der Waals surface area contributed by atoms with Crippen LogP contribution in [-0.2, 0) is 0 Å². The van der Waals surface area contributed by atoms with E-state index >= 15 is 0 Å². The molecule has 1 aromatic carbocycles. The van der Waals surface area contributed by atoms with Crippen molar-refractivity contribution in [3.63, 3.8) is 0 Å². The number of hydrogen-bond acceptors (Lipinski definition) is 3. The van der Waals surface area contributed by atoms with Gasteiger partial charge >= 0.3 is 0 Å². The second kappa shape index (κ2) is 5.39. The van der Waals surface area contributed by atoms with Crippen molar-refractivity contribution in [2.75, 3.05) is 5.73 Å². The molecule has 3 nitrogen and oxygen atoms in total. The molecule has 0 radical (unpaired) electrons. The lowest BCUT2D eigenvalue weighted by molar-refractivity contribution is 0.443. The molecule has 0 saturated heterocycles. The third kappa shape index (κ3) is 2.75. The van der Waals surface area contributed by atoms with Gasteiger partial charge in [0, 0.05) is 11.8 Å². The zero-order valence-electron chi connectivity index (χ0n) is 11.0. The lowest BCUT2D eigenvalue weighted by Crippen LogP contribution is -2.04. The Morgan fingerprint density at radius 3 is 2.37 bits per heavy atom. The van der Waals surface area contributed by atoms with Gasteiger partial charge in [-0.1, -0.05) is 43.5 Å². The average molecular weight is 253 g/mol. The summed E-state index contributed by atoms with van der Waals surface area (Å²) in [5.74, 6) is 1.08. The van der Waals surface area contributed by atoms with Gasteiger partial charge in [0.05, 0.1) is 5.69 Å². The summed E-state index contributed by atoms with van der Waals surface area (Å²) in [6, 6.07) is 10.7. The Bertz CT molecular complexity index is 542. The van der Waals surface area contributed by atoms with Crippen molar-refractivity contribution in [3.05, 3.63) is 42.1 Å². The zero-order valence-corrected chi connectivity index (χ0v) is 11.0. The number of rotatable bonds is 2. The van der Waals surface area contributed by atoms with E-state index in [1.54, 1.807) is 6.20 Å². The molecular formula is C16H19N3. The fourth-order valence-corrected chi connectivity index (χ4v) is 2.90. The van der Waals surface area contributed by atoms with Crippen LogP contribution in [-0.4, -0.2) is 9.97 Å². The van der Waals surface area contributed by atoms with Crippen LogP contribution in [0.3, 0.4) is 0 Å². The molecule has 1 heterocycles. The van der Waals surface area contributed by atoms with Crippen LogP contribution in [0.5, 0.6) is 0 Å². The second-order valence-corrected chi connectivity index (χ2v) is 5.26. The van der Waals surface area contributed by atoms with E-state index in [2.05, 4.69) is 34.2 Å². The fraction of sp³-hybridized carbons (Fsp3) is 0.375. The van der Waals surface area contributed by atoms with Gasteiger partial charge in [-0.15, -0.1) is 0 Å². The summed E-state index contributed by atoms with van der Waals surface area (Å²) < 4.78 is 0. The highest BCUT2D eigenvalue weighted by molar-refractivity contribution is 5.60. The average Bonchev–Trinajstić information content (AvgIpc) is 2.48. The summed E-state index contributed by atoms with van der Waals surface area (Å²) in [5.41, 5.74) is 9.08. The zero-order chi connectivity index (χ0) is 13.1. The summed E-state index contributed by atoms with van der Waals surface area (Å²) in [6.07, 6.45) is 8.50. The van der Waals surface area contributed by atoms with Crippen LogP contribution in [0.25, 0.3) is 11.3 Å². The molecule has 2 N–H and O–H groups in total. The molecule has 0 bridgehead atoms. The molecule has 0 spiro atoms. The minimum Gasteiger partial charge on any atom is -0.368 e. The molecule has 3 rings (SSSR count). The van der Waals surface area contributed by atoms with Crippen LogP contribution in [0, 0.1) is 0 Å². The van der Waals surface area contributed by atoms with Crippen LogP contribution < -0.4 is 5.73 Å². The first-order valence-electron chi connectivity index (χ1n) is 7.02. The molecule has 1 aliphatic rings. The van der Waals surface area contributed by atoms with E-state index in [0.717, 1.165) is 17.2 Å². The molecule has 0 amide bonds. The van der Waals surface area contributed by atoms with E-state index in [1.807, 2.05) is 6.07 Å². The molecule has 0 aliphatic heterocycles. The predicted octanol–water partition coefficient (Wildman–Crippen LogP) is 3.77. The van der Waals surface area contributed by atoms with Gasteiger partial charge in [0.2, 0.25) is 5.95 Å². The lowest BCUT2D eigenvalue weighted by Gasteiger charge is -2.22. The highest BCUT2D eigenvalue weighted by Gasteiger charge is 2.15. The second-order valence-electron chi connectivity index (χ2n) is 5.26. The van der Waals surface area contributed by atoms with Gasteiger partial charge in [0.25, 0.3) is 0 Å². The molecule has 19 heavy (non-hydrogen) atoms. The molecule has 3 heteroatoms. The Morgan fingerprint density at radius 2 is 1.68 bits per heavy atom. The van der Waals surface area contributed by atoms with Gasteiger partial charge in [0.1, 0.15) is 0 Å². The van der Waals surface area contributed by atoms with Crippen LogP contribution in [0.4, 0.5) is 5.95 Å². The third-order valence-electron chi connectivity index (χ3n) is 3.96. The maximum atomic E-state index is 5.62. The molecule has 98 valence electrons. The molecular weight excluding hydrogens is 234 g/mol. The molecule has 1 aromatic heterocycles. The van der Waals surface area contributed by atoms with Gasteiger partial charge in [-0.3, -0.25) is 0 Å². The molecule has 1 saturated carbocycles. The quantitative estimate of drug-likeness (QED) is 0.886. The Hall–Kier alpha value is -1.90. The Morgan fingerprint density at radius 1 is 0.947 bits per heavy atom. The standard InChI is InChI=1S/C16H19N3/c17-16-18-11-10-15(19-16)14-8-6-13(7-9-14)12-4-2-1-3-5-12/h6-12H,1-5H2,(H2,17,18,19). The number of nitrogens with zero attached hydrogens (tertiary/aromatic N) is 2. The highest BCUT2D eigenvalue weighted by atomic mass is 15.0. The molecule has 1 fully saturated rings. The SMILES string of the molecule is Nc1nccc(-c2ccc(C3CCCCC3)cc2)n1. The van der Waals surface area contributed by atoms with Gasteiger partial charge in [-0.05, 0) is 30.4 Å². The van der Waals surface area contributed by atoms with Crippen molar-refractivity contribution >= 4 is 5.95 Å². The Kier molecular flexibility index (Phi) is 3.45. The van der Waals surface area contributed by atoms with Gasteiger partial charge in [-0.2, -0.15) is 0 Å². The van der Waals surface area contributed by atoms with Crippen molar-refractivity contribution in [1.82, 2.24) is 9.97 Å². The van der Waals surface area contributed by atoms with Crippen LogP contribution in [0.1, 0.15) is 43.6 Å². The van der Waals surface area contributed by atoms with E-state index in [0.29, 0.717) is 5.95 Å². The van der Waals surface area contributed by atoms with E-state index < -0.39 is 0 Å². The summed E-state index contributed by atoms with van der Waals surface area (Å²) in [6.45, 7) is 0. The molecule has 0 unspecified atom stereocenters. The summed E-state index contributed by atoms with van der Waals surface area (Å²) in [4.78, 5) is 8.18. The largest absolute Gasteiger partial charge is 0.368 e. The minimum atomic E-state index is 0.328. The Labute approximate surface area is 113 Å². The third-order valence-corrected chi connectivity index (χ3v) is 3.96. The van der Waals surface area contributed by atoms with Gasteiger partial charge in [-0.25, -0.2) is 9.97 Å². The molecule has 1 aliphatic carbocycles. The number of aromatic nitrogens is 2. The highest BCUT2D eigenvalue weighted by Crippen LogP contribution is 2.33. The monoisotopic (exact) mass is 253 g/mol. The first-order chi connectivity index (χ1) is 9.33. The summed E-state index contributed by atoms with van der Waals surface area (Å²) >= 11 is 0. The topological polar surface area (TPSA) is 51.8 Å². The van der Waals surface area contributed by atoms with Crippen molar-refractivity contribution < 1.29 is 0 Å². The number of nitrogen functional groups attached to an aromatic ring is 1. The van der Waals surface area contributed by atoms with Crippen LogP contribution in [0.2, 0.25) is 0 Å². The van der Waals surface area contributed by atoms with Crippen molar-refractivity contribution in [1.29, 1.82) is 0 Å². The maximum absolute atomic E-state index is 5.62. The van der Waals surface area contributed by atoms with Gasteiger partial charge in [0.15, 0.2) is 0 Å². The normalized spacial score (nSPS) is 16.4. The minimum absolute atomic E-state index is 0.328. The van der Waals surface area contributed by atoms with Crippen molar-refractivity contribution in [2.45, 2.75) is 38.0 Å². The lowest BCUT2D eigenvalue weighted by atomic mass is 9.84. The first-order valence-corrected chi connectivity index (χ1v) is 7.02. The van der Waals surface area contributed by atoms with Crippen molar-refractivity contribution in [2.24, 2.45) is 0 Å². The number of benzene rings is 1. The maximum Gasteiger partial charge on any atom is 0.220 e. The van der Waals surface area contributed by atoms with Crippen molar-refractivity contribution in [3.8, 4) is 11.3 Å². The van der Waals surface area contributed by atoms with Crippen LogP contribution >= 0.6 is 0 Å². The number of nitrogens with two attached hydrogens (primary N) is 1. The fourth-order valence-electron chi connectivity index (χ4n) is 2.90.